The summed E-state index contributed by atoms with van der Waals surface area (Å²) >= 11 is 0. The number of nitrogens with zero attached hydrogens (tertiary/aromatic N) is 2. The van der Waals surface area contributed by atoms with Crippen LogP contribution >= 0.6 is 0 Å². The van der Waals surface area contributed by atoms with Crippen LogP contribution in [0.5, 0.6) is 0 Å². The Hall–Kier alpha value is -1.97. The molecule has 4 nitrogen and oxygen atoms in total. The summed E-state index contributed by atoms with van der Waals surface area (Å²) in [6.45, 7) is 1.83. The van der Waals surface area contributed by atoms with E-state index in [2.05, 4.69) is 15.2 Å². The van der Waals surface area contributed by atoms with Gasteiger partial charge in [0.05, 0.1) is 5.69 Å². The zero-order valence-corrected chi connectivity index (χ0v) is 7.69. The summed E-state index contributed by atoms with van der Waals surface area (Å²) in [5.74, 6) is -0.133. The van der Waals surface area contributed by atoms with Crippen LogP contribution in [0.3, 0.4) is 0 Å². The van der Waals surface area contributed by atoms with Gasteiger partial charge in [0.25, 0.3) is 0 Å². The second kappa shape index (κ2) is 3.41. The number of hydrogen-bond donors (Lipinski definition) is 1. The SMILES string of the molecule is Cc1cc(C(=O)c2ccccn2)[nH]n1. The molecule has 0 bridgehead atoms. The third-order valence-electron chi connectivity index (χ3n) is 1.85. The number of aryl methyl sites for hydroxylation is 1. The summed E-state index contributed by atoms with van der Waals surface area (Å²) in [6, 6.07) is 6.94. The highest BCUT2D eigenvalue weighted by molar-refractivity contribution is 6.06. The largest absolute Gasteiger partial charge is 0.285 e. The highest BCUT2D eigenvalue weighted by Crippen LogP contribution is 2.05. The average Bonchev–Trinajstić information content (AvgIpc) is 2.65. The van der Waals surface area contributed by atoms with Crippen molar-refractivity contribution in [3.63, 3.8) is 0 Å². The van der Waals surface area contributed by atoms with E-state index < -0.39 is 0 Å². The average molecular weight is 187 g/mol. The normalized spacial score (nSPS) is 10.1. The molecule has 0 fully saturated rings. The Bertz CT molecular complexity index is 447. The molecule has 0 radical (unpaired) electrons. The molecule has 2 aromatic heterocycles. The Morgan fingerprint density at radius 3 is 2.86 bits per heavy atom. The molecule has 0 unspecified atom stereocenters. The summed E-state index contributed by atoms with van der Waals surface area (Å²) in [5.41, 5.74) is 1.70. The van der Waals surface area contributed by atoms with Crippen molar-refractivity contribution in [1.82, 2.24) is 15.2 Å². The Labute approximate surface area is 81.0 Å². The van der Waals surface area contributed by atoms with Gasteiger partial charge >= 0.3 is 0 Å². The van der Waals surface area contributed by atoms with Gasteiger partial charge in [0, 0.05) is 6.20 Å². The quantitative estimate of drug-likeness (QED) is 0.722. The number of carbonyl (C=O) groups excluding carboxylic acids is 1. The van der Waals surface area contributed by atoms with E-state index >= 15 is 0 Å². The summed E-state index contributed by atoms with van der Waals surface area (Å²) < 4.78 is 0. The lowest BCUT2D eigenvalue weighted by Gasteiger charge is -1.94. The fourth-order valence-corrected chi connectivity index (χ4v) is 1.17. The number of hydrogen-bond acceptors (Lipinski definition) is 3. The fourth-order valence-electron chi connectivity index (χ4n) is 1.17. The predicted molar refractivity (Wildman–Crippen MR) is 51.0 cm³/mol. The Balaban J connectivity index is 2.34. The third-order valence-corrected chi connectivity index (χ3v) is 1.85. The molecule has 2 aromatic rings. The summed E-state index contributed by atoms with van der Waals surface area (Å²) in [4.78, 5) is 15.7. The van der Waals surface area contributed by atoms with Crippen LogP contribution < -0.4 is 0 Å². The minimum atomic E-state index is -0.133. The topological polar surface area (TPSA) is 58.6 Å². The van der Waals surface area contributed by atoms with Crippen molar-refractivity contribution in [2.75, 3.05) is 0 Å². The van der Waals surface area contributed by atoms with E-state index in [4.69, 9.17) is 0 Å². The maximum Gasteiger partial charge on any atom is 0.229 e. The Morgan fingerprint density at radius 2 is 2.29 bits per heavy atom. The molecule has 0 aliphatic rings. The molecule has 14 heavy (non-hydrogen) atoms. The lowest BCUT2D eigenvalue weighted by Crippen LogP contribution is -2.03. The van der Waals surface area contributed by atoms with Gasteiger partial charge in [-0.2, -0.15) is 5.10 Å². The van der Waals surface area contributed by atoms with Gasteiger partial charge in [-0.3, -0.25) is 14.9 Å². The number of rotatable bonds is 2. The summed E-state index contributed by atoms with van der Waals surface area (Å²) in [5, 5.41) is 6.55. The molecule has 2 heterocycles. The van der Waals surface area contributed by atoms with E-state index in [1.165, 1.54) is 0 Å². The van der Waals surface area contributed by atoms with Gasteiger partial charge in [-0.1, -0.05) is 6.07 Å². The number of pyridine rings is 1. The molecule has 2 rings (SSSR count). The van der Waals surface area contributed by atoms with Crippen LogP contribution in [0.2, 0.25) is 0 Å². The third kappa shape index (κ3) is 1.54. The molecule has 0 amide bonds. The number of carbonyl (C=O) groups is 1. The van der Waals surface area contributed by atoms with Crippen molar-refractivity contribution in [1.29, 1.82) is 0 Å². The lowest BCUT2D eigenvalue weighted by atomic mass is 10.2. The van der Waals surface area contributed by atoms with Gasteiger partial charge in [0.2, 0.25) is 5.78 Å². The predicted octanol–water partition coefficient (Wildman–Crippen LogP) is 1.34. The first-order valence-electron chi connectivity index (χ1n) is 4.25. The maximum absolute atomic E-state index is 11.7. The first kappa shape index (κ1) is 8.62. The number of H-pyrrole nitrogens is 1. The number of aromatic nitrogens is 3. The van der Waals surface area contributed by atoms with Crippen LogP contribution in [0.4, 0.5) is 0 Å². The fraction of sp³-hybridized carbons (Fsp3) is 0.100. The molecule has 0 aromatic carbocycles. The zero-order chi connectivity index (χ0) is 9.97. The molecule has 70 valence electrons. The van der Waals surface area contributed by atoms with E-state index in [-0.39, 0.29) is 5.78 Å². The van der Waals surface area contributed by atoms with E-state index in [1.807, 2.05) is 6.92 Å². The summed E-state index contributed by atoms with van der Waals surface area (Å²) in [6.07, 6.45) is 1.59. The van der Waals surface area contributed by atoms with Crippen molar-refractivity contribution in [3.05, 3.63) is 47.5 Å². The van der Waals surface area contributed by atoms with Crippen LogP contribution in [0.25, 0.3) is 0 Å². The van der Waals surface area contributed by atoms with Gasteiger partial charge in [-0.15, -0.1) is 0 Å². The van der Waals surface area contributed by atoms with E-state index in [1.54, 1.807) is 30.5 Å². The number of ketones is 1. The monoisotopic (exact) mass is 187 g/mol. The zero-order valence-electron chi connectivity index (χ0n) is 7.69. The van der Waals surface area contributed by atoms with Gasteiger partial charge in [-0.05, 0) is 25.1 Å². The lowest BCUT2D eigenvalue weighted by molar-refractivity contribution is 0.103. The van der Waals surface area contributed by atoms with Gasteiger partial charge in [0.15, 0.2) is 0 Å². The van der Waals surface area contributed by atoms with Gasteiger partial charge < -0.3 is 0 Å². The molecule has 1 N–H and O–H groups in total. The van der Waals surface area contributed by atoms with E-state index in [9.17, 15) is 4.79 Å². The highest BCUT2D eigenvalue weighted by Gasteiger charge is 2.11. The number of nitrogens with one attached hydrogen (secondary N) is 1. The molecule has 0 aliphatic carbocycles. The summed E-state index contributed by atoms with van der Waals surface area (Å²) in [7, 11) is 0. The molecule has 0 aliphatic heterocycles. The van der Waals surface area contributed by atoms with E-state index in [0.717, 1.165) is 5.69 Å². The first-order valence-corrected chi connectivity index (χ1v) is 4.25. The maximum atomic E-state index is 11.7. The van der Waals surface area contributed by atoms with E-state index in [0.29, 0.717) is 11.4 Å². The smallest absolute Gasteiger partial charge is 0.229 e. The second-order valence-corrected chi connectivity index (χ2v) is 2.97. The van der Waals surface area contributed by atoms with Gasteiger partial charge in [0.1, 0.15) is 11.4 Å². The molecule has 0 atom stereocenters. The van der Waals surface area contributed by atoms with Gasteiger partial charge in [-0.25, -0.2) is 0 Å². The molecular formula is C10H9N3O. The molecule has 0 saturated carbocycles. The van der Waals surface area contributed by atoms with Crippen LogP contribution in [-0.4, -0.2) is 21.0 Å². The molecule has 0 saturated heterocycles. The van der Waals surface area contributed by atoms with Crippen molar-refractivity contribution >= 4 is 5.78 Å². The van der Waals surface area contributed by atoms with Crippen LogP contribution in [0.1, 0.15) is 21.9 Å². The standard InChI is InChI=1S/C10H9N3O/c1-7-6-9(13-12-7)10(14)8-4-2-3-5-11-8/h2-6H,1H3,(H,12,13). The Kier molecular flexibility index (Phi) is 2.10. The minimum Gasteiger partial charge on any atom is -0.285 e. The van der Waals surface area contributed by atoms with Crippen LogP contribution in [0.15, 0.2) is 30.5 Å². The first-order chi connectivity index (χ1) is 6.77. The second-order valence-electron chi connectivity index (χ2n) is 2.97. The molecule has 4 heteroatoms. The number of aromatic amines is 1. The van der Waals surface area contributed by atoms with Crippen LogP contribution in [0, 0.1) is 6.92 Å². The van der Waals surface area contributed by atoms with Crippen molar-refractivity contribution in [2.45, 2.75) is 6.92 Å². The van der Waals surface area contributed by atoms with Crippen molar-refractivity contribution < 1.29 is 4.79 Å². The van der Waals surface area contributed by atoms with Crippen molar-refractivity contribution in [2.24, 2.45) is 0 Å². The molecule has 0 spiro atoms. The molecular weight excluding hydrogens is 178 g/mol. The Morgan fingerprint density at radius 1 is 1.43 bits per heavy atom. The minimum absolute atomic E-state index is 0.133. The van der Waals surface area contributed by atoms with Crippen LogP contribution in [-0.2, 0) is 0 Å². The highest BCUT2D eigenvalue weighted by atomic mass is 16.1. The van der Waals surface area contributed by atoms with Crippen molar-refractivity contribution in [3.8, 4) is 0 Å².